The largest absolute Gasteiger partial charge is 0.134 e. The van der Waals surface area contributed by atoms with Crippen LogP contribution in [0.15, 0.2) is 41.3 Å². The Labute approximate surface area is 144 Å². The van der Waals surface area contributed by atoms with Gasteiger partial charge in [0.05, 0.1) is 0 Å². The van der Waals surface area contributed by atoms with Crippen LogP contribution in [0.3, 0.4) is 0 Å². The molecule has 3 aliphatic rings. The number of thioether (sulfide) groups is 4. The molecule has 0 spiro atoms. The Bertz CT molecular complexity index is 631. The highest BCUT2D eigenvalue weighted by atomic mass is 32.3. The molecule has 1 aromatic carbocycles. The maximum atomic E-state index is 2.46. The van der Waals surface area contributed by atoms with Gasteiger partial charge in [-0.15, -0.1) is 47.0 Å². The Morgan fingerprint density at radius 1 is 1.05 bits per heavy atom. The van der Waals surface area contributed by atoms with Crippen LogP contribution in [0.4, 0.5) is 0 Å². The molecule has 2 bridgehead atoms. The van der Waals surface area contributed by atoms with Gasteiger partial charge in [-0.05, 0) is 29.9 Å². The van der Waals surface area contributed by atoms with Gasteiger partial charge in [0.1, 0.15) is 3.41 Å². The predicted octanol–water partition coefficient (Wildman–Crippen LogP) is 5.50. The van der Waals surface area contributed by atoms with Crippen molar-refractivity contribution >= 4 is 52.6 Å². The van der Waals surface area contributed by atoms with Gasteiger partial charge in [-0.25, -0.2) is 0 Å². The molecule has 110 valence electrons. The van der Waals surface area contributed by atoms with Gasteiger partial charge in [-0.1, -0.05) is 42.0 Å². The molecule has 1 aromatic rings. The van der Waals surface area contributed by atoms with E-state index in [2.05, 4.69) is 79.4 Å². The fourth-order valence-corrected chi connectivity index (χ4v) is 10.3. The first-order chi connectivity index (χ1) is 10.2. The van der Waals surface area contributed by atoms with Gasteiger partial charge in [0.15, 0.2) is 0 Å². The molecule has 0 N–H and O–H groups in total. The average Bonchev–Trinajstić information content (AvgIpc) is 3.02. The molecule has 2 heterocycles. The number of benzene rings is 1. The molecule has 4 unspecified atom stereocenters. The lowest BCUT2D eigenvalue weighted by Crippen LogP contribution is -2.26. The SMILES string of the molecule is CSC1=C(c2ccc(C)cc2)C2(SC)SC3C=CC1C3S2. The van der Waals surface area contributed by atoms with Crippen LogP contribution in [0.2, 0.25) is 0 Å². The monoisotopic (exact) mass is 350 g/mol. The molecule has 0 amide bonds. The third-order valence-electron chi connectivity index (χ3n) is 4.45. The van der Waals surface area contributed by atoms with E-state index in [0.717, 1.165) is 5.25 Å². The van der Waals surface area contributed by atoms with Crippen LogP contribution in [0.25, 0.3) is 5.57 Å². The highest BCUT2D eigenvalue weighted by Crippen LogP contribution is 2.72. The van der Waals surface area contributed by atoms with Gasteiger partial charge >= 0.3 is 0 Å². The van der Waals surface area contributed by atoms with Crippen molar-refractivity contribution in [3.8, 4) is 0 Å². The third-order valence-corrected chi connectivity index (χ3v) is 11.0. The van der Waals surface area contributed by atoms with Gasteiger partial charge < -0.3 is 0 Å². The Morgan fingerprint density at radius 3 is 2.48 bits per heavy atom. The molecule has 0 nitrogen and oxygen atoms in total. The van der Waals surface area contributed by atoms with E-state index in [1.807, 2.05) is 23.5 Å². The molecule has 4 atom stereocenters. The van der Waals surface area contributed by atoms with E-state index < -0.39 is 0 Å². The van der Waals surface area contributed by atoms with Crippen LogP contribution >= 0.6 is 47.0 Å². The summed E-state index contributed by atoms with van der Waals surface area (Å²) in [5.74, 6) is 0.626. The lowest BCUT2D eigenvalue weighted by atomic mass is 9.98. The summed E-state index contributed by atoms with van der Waals surface area (Å²) >= 11 is 8.35. The number of rotatable bonds is 3. The second kappa shape index (κ2) is 5.33. The highest BCUT2D eigenvalue weighted by molar-refractivity contribution is 8.37. The minimum Gasteiger partial charge on any atom is -0.133 e. The lowest BCUT2D eigenvalue weighted by Gasteiger charge is -2.37. The number of fused-ring (bicyclic) bond motifs is 1. The first-order valence-corrected chi connectivity index (χ1v) is 11.3. The van der Waals surface area contributed by atoms with Crippen molar-refractivity contribution in [3.63, 3.8) is 0 Å². The van der Waals surface area contributed by atoms with Crippen LogP contribution in [0.1, 0.15) is 11.1 Å². The standard InChI is InChI=1S/C17H18S4/c1-10-4-6-11(7-5-10)14-16(18-2)12-8-9-13-15(12)21-17(14,19-3)20-13/h4-9,12-13,15H,1-3H3. The fourth-order valence-electron chi connectivity index (χ4n) is 3.43. The summed E-state index contributed by atoms with van der Waals surface area (Å²) in [5.41, 5.74) is 4.33. The average molecular weight is 351 g/mol. The fraction of sp³-hybridized carbons (Fsp3) is 0.412. The van der Waals surface area contributed by atoms with Gasteiger partial charge in [-0.2, -0.15) is 0 Å². The minimum atomic E-state index is 0.185. The first-order valence-electron chi connectivity index (χ1n) is 7.13. The molecular formula is C17H18S4. The lowest BCUT2D eigenvalue weighted by molar-refractivity contribution is 0.795. The summed E-state index contributed by atoms with van der Waals surface area (Å²) in [6.07, 6.45) is 9.43. The molecule has 4 heteroatoms. The maximum Gasteiger partial charge on any atom is 0.134 e. The van der Waals surface area contributed by atoms with Crippen LogP contribution in [-0.4, -0.2) is 26.4 Å². The summed E-state index contributed by atoms with van der Waals surface area (Å²) in [6.45, 7) is 2.17. The van der Waals surface area contributed by atoms with Crippen LogP contribution < -0.4 is 0 Å². The molecule has 21 heavy (non-hydrogen) atoms. The van der Waals surface area contributed by atoms with E-state index in [1.54, 1.807) is 10.5 Å². The molecule has 4 rings (SSSR count). The quantitative estimate of drug-likeness (QED) is 0.660. The zero-order valence-corrected chi connectivity index (χ0v) is 15.6. The van der Waals surface area contributed by atoms with E-state index >= 15 is 0 Å². The van der Waals surface area contributed by atoms with Crippen molar-refractivity contribution in [1.29, 1.82) is 0 Å². The molecule has 2 aliphatic heterocycles. The Hall–Kier alpha value is 0.1000. The van der Waals surface area contributed by atoms with Gasteiger partial charge in [-0.3, -0.25) is 0 Å². The minimum absolute atomic E-state index is 0.185. The molecule has 1 aliphatic carbocycles. The number of hydrogen-bond acceptors (Lipinski definition) is 4. The molecule has 0 radical (unpaired) electrons. The second-order valence-electron chi connectivity index (χ2n) is 5.65. The third kappa shape index (κ3) is 2.09. The van der Waals surface area contributed by atoms with Crippen LogP contribution in [0.5, 0.6) is 0 Å². The van der Waals surface area contributed by atoms with Gasteiger partial charge in [0.25, 0.3) is 0 Å². The summed E-state index contributed by atoms with van der Waals surface area (Å²) < 4.78 is 0.185. The number of allylic oxidation sites excluding steroid dienone is 2. The van der Waals surface area contributed by atoms with Gasteiger partial charge in [0.2, 0.25) is 0 Å². The molecule has 0 saturated carbocycles. The highest BCUT2D eigenvalue weighted by Gasteiger charge is 2.57. The molecule has 0 aromatic heterocycles. The first kappa shape index (κ1) is 14.7. The van der Waals surface area contributed by atoms with Crippen molar-refractivity contribution in [2.75, 3.05) is 12.5 Å². The van der Waals surface area contributed by atoms with Crippen molar-refractivity contribution in [2.24, 2.45) is 5.92 Å². The van der Waals surface area contributed by atoms with Crippen LogP contribution in [-0.2, 0) is 0 Å². The van der Waals surface area contributed by atoms with E-state index in [4.69, 9.17) is 0 Å². The summed E-state index contributed by atoms with van der Waals surface area (Å²) in [5, 5.41) is 1.44. The Balaban J connectivity index is 1.93. The van der Waals surface area contributed by atoms with Crippen molar-refractivity contribution < 1.29 is 0 Å². The molecule has 1 fully saturated rings. The summed E-state index contributed by atoms with van der Waals surface area (Å²) in [4.78, 5) is 1.60. The Morgan fingerprint density at radius 2 is 1.81 bits per heavy atom. The maximum absolute atomic E-state index is 2.46. The normalized spacial score (nSPS) is 36.6. The second-order valence-corrected chi connectivity index (χ2v) is 11.1. The van der Waals surface area contributed by atoms with Gasteiger partial charge in [0, 0.05) is 22.0 Å². The van der Waals surface area contributed by atoms with Crippen molar-refractivity contribution in [3.05, 3.63) is 52.4 Å². The molecular weight excluding hydrogens is 332 g/mol. The van der Waals surface area contributed by atoms with E-state index in [9.17, 15) is 0 Å². The predicted molar refractivity (Wildman–Crippen MR) is 103 cm³/mol. The summed E-state index contributed by atoms with van der Waals surface area (Å²) in [6, 6.07) is 9.13. The molecule has 1 saturated heterocycles. The topological polar surface area (TPSA) is 0 Å². The van der Waals surface area contributed by atoms with E-state index in [0.29, 0.717) is 11.2 Å². The van der Waals surface area contributed by atoms with Crippen molar-refractivity contribution in [1.82, 2.24) is 0 Å². The van der Waals surface area contributed by atoms with Crippen LogP contribution in [0, 0.1) is 12.8 Å². The zero-order chi connectivity index (χ0) is 14.6. The Kier molecular flexibility index (Phi) is 3.72. The number of aryl methyl sites for hydroxylation is 1. The number of hydrogen-bond donors (Lipinski definition) is 0. The van der Waals surface area contributed by atoms with E-state index in [-0.39, 0.29) is 3.41 Å². The zero-order valence-electron chi connectivity index (χ0n) is 12.3. The van der Waals surface area contributed by atoms with E-state index in [1.165, 1.54) is 11.1 Å². The summed E-state index contributed by atoms with van der Waals surface area (Å²) in [7, 11) is 0. The van der Waals surface area contributed by atoms with Crippen molar-refractivity contribution in [2.45, 2.75) is 20.8 Å². The smallest absolute Gasteiger partial charge is 0.133 e.